The van der Waals surface area contributed by atoms with Crippen LogP contribution >= 0.6 is 0 Å². The van der Waals surface area contributed by atoms with Crippen molar-refractivity contribution in [3.63, 3.8) is 0 Å². The Labute approximate surface area is 133 Å². The van der Waals surface area contributed by atoms with Crippen molar-refractivity contribution < 1.29 is 14.3 Å². The largest absolute Gasteiger partial charge is 0.469 e. The van der Waals surface area contributed by atoms with E-state index in [2.05, 4.69) is 15.0 Å². The summed E-state index contributed by atoms with van der Waals surface area (Å²) in [7, 11) is 1.29. The Morgan fingerprint density at radius 1 is 1.22 bits per heavy atom. The van der Waals surface area contributed by atoms with Gasteiger partial charge in [-0.3, -0.25) is 14.4 Å². The van der Waals surface area contributed by atoms with Crippen LogP contribution in [0.5, 0.6) is 0 Å². The number of hydrogen-bond acceptors (Lipinski definition) is 4. The molecule has 1 atom stereocenters. The van der Waals surface area contributed by atoms with E-state index < -0.39 is 23.5 Å². The maximum atomic E-state index is 12.3. The molecule has 1 aromatic carbocycles. The summed E-state index contributed by atoms with van der Waals surface area (Å²) in [6.45, 7) is 1.95. The molecule has 0 saturated heterocycles. The number of carbonyl (C=O) groups is 2. The van der Waals surface area contributed by atoms with Gasteiger partial charge in [-0.15, -0.1) is 0 Å². The van der Waals surface area contributed by atoms with E-state index in [1.54, 1.807) is 6.07 Å². The van der Waals surface area contributed by atoms with Crippen molar-refractivity contribution in [3.8, 4) is 0 Å². The Morgan fingerprint density at radius 2 is 1.91 bits per heavy atom. The van der Waals surface area contributed by atoms with Crippen molar-refractivity contribution in [2.75, 3.05) is 7.11 Å². The molecule has 1 heterocycles. The van der Waals surface area contributed by atoms with E-state index in [0.29, 0.717) is 0 Å². The second kappa shape index (κ2) is 7.40. The van der Waals surface area contributed by atoms with Crippen LogP contribution in [0.2, 0.25) is 0 Å². The molecule has 2 N–H and O–H groups in total. The van der Waals surface area contributed by atoms with Crippen LogP contribution in [-0.4, -0.2) is 24.0 Å². The standard InChI is InChI=1S/C17H18N2O4/c1-11-5-7-12(8-6-11)14(10-15(20)23-2)19-17(22)13-4-3-9-18-16(13)21/h3-9,14H,10H2,1-2H3,(H,18,21)(H,19,22)/t14-/m0/s1. The van der Waals surface area contributed by atoms with E-state index in [0.717, 1.165) is 11.1 Å². The van der Waals surface area contributed by atoms with Gasteiger partial charge in [0.05, 0.1) is 19.6 Å². The van der Waals surface area contributed by atoms with Gasteiger partial charge in [0.2, 0.25) is 0 Å². The molecular formula is C17H18N2O4. The summed E-state index contributed by atoms with van der Waals surface area (Å²) >= 11 is 0. The minimum atomic E-state index is -0.574. The van der Waals surface area contributed by atoms with Crippen LogP contribution in [0.4, 0.5) is 0 Å². The summed E-state index contributed by atoms with van der Waals surface area (Å²) in [4.78, 5) is 38.0. The zero-order valence-electron chi connectivity index (χ0n) is 13.0. The highest BCUT2D eigenvalue weighted by atomic mass is 16.5. The molecule has 23 heavy (non-hydrogen) atoms. The van der Waals surface area contributed by atoms with Crippen LogP contribution in [0.25, 0.3) is 0 Å². The predicted octanol–water partition coefficient (Wildman–Crippen LogP) is 1.72. The predicted molar refractivity (Wildman–Crippen MR) is 85.1 cm³/mol. The molecule has 0 spiro atoms. The number of pyridine rings is 1. The van der Waals surface area contributed by atoms with Crippen molar-refractivity contribution >= 4 is 11.9 Å². The van der Waals surface area contributed by atoms with Gasteiger partial charge in [0.25, 0.3) is 11.5 Å². The van der Waals surface area contributed by atoms with Gasteiger partial charge in [-0.2, -0.15) is 0 Å². The highest BCUT2D eigenvalue weighted by molar-refractivity contribution is 5.94. The van der Waals surface area contributed by atoms with E-state index in [1.807, 2.05) is 31.2 Å². The molecule has 0 aliphatic rings. The number of aromatic amines is 1. The van der Waals surface area contributed by atoms with E-state index in [9.17, 15) is 14.4 Å². The summed E-state index contributed by atoms with van der Waals surface area (Å²) in [6.07, 6.45) is 1.43. The maximum absolute atomic E-state index is 12.3. The van der Waals surface area contributed by atoms with Gasteiger partial charge < -0.3 is 15.0 Å². The summed E-state index contributed by atoms with van der Waals surface area (Å²) in [6, 6.07) is 9.87. The minimum absolute atomic E-state index is 0.00511. The molecule has 0 bridgehead atoms. The van der Waals surface area contributed by atoms with Crippen molar-refractivity contribution in [3.05, 3.63) is 69.6 Å². The molecule has 1 aromatic heterocycles. The lowest BCUT2D eigenvalue weighted by Crippen LogP contribution is -2.33. The Bertz CT molecular complexity index is 750. The van der Waals surface area contributed by atoms with Crippen LogP contribution < -0.4 is 10.9 Å². The molecule has 6 heteroatoms. The number of rotatable bonds is 5. The summed E-state index contributed by atoms with van der Waals surface area (Å²) < 4.78 is 4.68. The lowest BCUT2D eigenvalue weighted by molar-refractivity contribution is -0.141. The fourth-order valence-corrected chi connectivity index (χ4v) is 2.14. The summed E-state index contributed by atoms with van der Waals surface area (Å²) in [5.41, 5.74) is 1.35. The average molecular weight is 314 g/mol. The number of aryl methyl sites for hydroxylation is 1. The molecule has 0 unspecified atom stereocenters. The maximum Gasteiger partial charge on any atom is 0.307 e. The summed E-state index contributed by atoms with van der Waals surface area (Å²) in [5, 5.41) is 2.72. The smallest absolute Gasteiger partial charge is 0.307 e. The first-order valence-electron chi connectivity index (χ1n) is 7.13. The average Bonchev–Trinajstić information content (AvgIpc) is 2.55. The Balaban J connectivity index is 2.25. The van der Waals surface area contributed by atoms with Crippen molar-refractivity contribution in [2.45, 2.75) is 19.4 Å². The number of benzene rings is 1. The number of amides is 1. The third-order valence-electron chi connectivity index (χ3n) is 3.45. The lowest BCUT2D eigenvalue weighted by atomic mass is 10.0. The van der Waals surface area contributed by atoms with Crippen molar-refractivity contribution in [1.29, 1.82) is 0 Å². The first-order valence-corrected chi connectivity index (χ1v) is 7.13. The molecule has 6 nitrogen and oxygen atoms in total. The van der Waals surface area contributed by atoms with Gasteiger partial charge in [0, 0.05) is 6.20 Å². The fraction of sp³-hybridized carbons (Fsp3) is 0.235. The Kier molecular flexibility index (Phi) is 5.30. The number of carbonyl (C=O) groups excluding carboxylic acids is 2. The van der Waals surface area contributed by atoms with E-state index in [4.69, 9.17) is 0 Å². The fourth-order valence-electron chi connectivity index (χ4n) is 2.14. The van der Waals surface area contributed by atoms with Gasteiger partial charge in [-0.05, 0) is 24.6 Å². The second-order valence-electron chi connectivity index (χ2n) is 5.13. The van der Waals surface area contributed by atoms with Crippen molar-refractivity contribution in [1.82, 2.24) is 10.3 Å². The lowest BCUT2D eigenvalue weighted by Gasteiger charge is -2.18. The molecule has 0 saturated carbocycles. The second-order valence-corrected chi connectivity index (χ2v) is 5.13. The highest BCUT2D eigenvalue weighted by Gasteiger charge is 2.20. The van der Waals surface area contributed by atoms with E-state index in [-0.39, 0.29) is 12.0 Å². The van der Waals surface area contributed by atoms with Gasteiger partial charge in [0.15, 0.2) is 0 Å². The third kappa shape index (κ3) is 4.29. The SMILES string of the molecule is COC(=O)C[C@H](NC(=O)c1ccc[nH]c1=O)c1ccc(C)cc1. The zero-order valence-corrected chi connectivity index (χ0v) is 13.0. The Hall–Kier alpha value is -2.89. The van der Waals surface area contributed by atoms with Gasteiger partial charge in [0.1, 0.15) is 5.56 Å². The van der Waals surface area contributed by atoms with Gasteiger partial charge in [-0.1, -0.05) is 29.8 Å². The number of methoxy groups -OCH3 is 1. The van der Waals surface area contributed by atoms with Crippen molar-refractivity contribution in [2.24, 2.45) is 0 Å². The molecule has 0 radical (unpaired) electrons. The quantitative estimate of drug-likeness (QED) is 0.823. The molecule has 0 aliphatic carbocycles. The monoisotopic (exact) mass is 314 g/mol. The van der Waals surface area contributed by atoms with Gasteiger partial charge >= 0.3 is 5.97 Å². The first-order chi connectivity index (χ1) is 11.0. The number of ether oxygens (including phenoxy) is 1. The molecule has 2 rings (SSSR count). The molecule has 0 aliphatic heterocycles. The van der Waals surface area contributed by atoms with Crippen LogP contribution in [0.3, 0.4) is 0 Å². The Morgan fingerprint density at radius 3 is 2.52 bits per heavy atom. The third-order valence-corrected chi connectivity index (χ3v) is 3.45. The van der Waals surface area contributed by atoms with E-state index in [1.165, 1.54) is 19.4 Å². The highest BCUT2D eigenvalue weighted by Crippen LogP contribution is 2.18. The minimum Gasteiger partial charge on any atom is -0.469 e. The van der Waals surface area contributed by atoms with Crippen LogP contribution in [0.15, 0.2) is 47.4 Å². The summed E-state index contributed by atoms with van der Waals surface area (Å²) in [5.74, 6) is -0.987. The first kappa shape index (κ1) is 16.5. The molecule has 2 aromatic rings. The van der Waals surface area contributed by atoms with Crippen LogP contribution in [0.1, 0.15) is 33.9 Å². The topological polar surface area (TPSA) is 88.3 Å². The number of H-pyrrole nitrogens is 1. The van der Waals surface area contributed by atoms with Gasteiger partial charge in [-0.25, -0.2) is 0 Å². The van der Waals surface area contributed by atoms with Crippen LogP contribution in [-0.2, 0) is 9.53 Å². The van der Waals surface area contributed by atoms with Crippen LogP contribution in [0, 0.1) is 6.92 Å². The zero-order chi connectivity index (χ0) is 16.8. The molecule has 1 amide bonds. The number of aromatic nitrogens is 1. The number of nitrogens with one attached hydrogen (secondary N) is 2. The normalized spacial score (nSPS) is 11.6. The molecule has 120 valence electrons. The molecule has 0 fully saturated rings. The number of hydrogen-bond donors (Lipinski definition) is 2. The number of esters is 1. The van der Waals surface area contributed by atoms with E-state index >= 15 is 0 Å². The molecular weight excluding hydrogens is 296 g/mol.